The molecule has 0 aliphatic carbocycles. The van der Waals surface area contributed by atoms with Crippen molar-refractivity contribution in [1.82, 2.24) is 9.80 Å². The Morgan fingerprint density at radius 1 is 1.13 bits per heavy atom. The fourth-order valence-electron chi connectivity index (χ4n) is 3.69. The van der Waals surface area contributed by atoms with Gasteiger partial charge in [-0.3, -0.25) is 9.59 Å². The number of ketones is 1. The molecule has 2 aromatic carbocycles. The Kier molecular flexibility index (Phi) is 6.97. The fourth-order valence-corrected chi connectivity index (χ4v) is 3.69. The molecule has 1 aliphatic rings. The topological polar surface area (TPSA) is 79.3 Å². The largest absolute Gasteiger partial charge is 0.507 e. The Morgan fingerprint density at radius 3 is 2.55 bits per heavy atom. The Balaban J connectivity index is 2.18. The first-order valence-corrected chi connectivity index (χ1v) is 10.2. The van der Waals surface area contributed by atoms with Crippen LogP contribution in [-0.2, 0) is 9.59 Å². The van der Waals surface area contributed by atoms with E-state index in [0.29, 0.717) is 42.3 Å². The Bertz CT molecular complexity index is 999. The van der Waals surface area contributed by atoms with Crippen LogP contribution in [0.2, 0.25) is 0 Å². The highest BCUT2D eigenvalue weighted by Gasteiger charge is 2.46. The molecule has 31 heavy (non-hydrogen) atoms. The summed E-state index contributed by atoms with van der Waals surface area (Å²) in [4.78, 5) is 29.5. The number of likely N-dealkylation sites (tertiary alicyclic amines) is 1. The molecular formula is C24H28N2O5. The van der Waals surface area contributed by atoms with E-state index in [9.17, 15) is 14.7 Å². The molecule has 7 nitrogen and oxygen atoms in total. The number of aliphatic hydroxyl groups is 1. The van der Waals surface area contributed by atoms with Crippen LogP contribution >= 0.6 is 0 Å². The van der Waals surface area contributed by atoms with Crippen molar-refractivity contribution in [2.24, 2.45) is 0 Å². The number of nitrogens with zero attached hydrogens (tertiary/aromatic N) is 2. The highest BCUT2D eigenvalue weighted by molar-refractivity contribution is 6.46. The number of hydrogen-bond acceptors (Lipinski definition) is 6. The second-order valence-electron chi connectivity index (χ2n) is 7.50. The van der Waals surface area contributed by atoms with E-state index >= 15 is 0 Å². The minimum atomic E-state index is -0.731. The lowest BCUT2D eigenvalue weighted by molar-refractivity contribution is -0.140. The van der Waals surface area contributed by atoms with Crippen molar-refractivity contribution in [3.05, 3.63) is 65.2 Å². The second kappa shape index (κ2) is 9.66. The molecule has 0 radical (unpaired) electrons. The predicted octanol–water partition coefficient (Wildman–Crippen LogP) is 3.08. The van der Waals surface area contributed by atoms with Crippen LogP contribution in [0.15, 0.2) is 54.1 Å². The van der Waals surface area contributed by atoms with Crippen molar-refractivity contribution in [2.45, 2.75) is 13.0 Å². The van der Waals surface area contributed by atoms with Crippen molar-refractivity contribution in [3.8, 4) is 11.5 Å². The van der Waals surface area contributed by atoms with Crippen LogP contribution in [-0.4, -0.2) is 67.5 Å². The van der Waals surface area contributed by atoms with E-state index in [1.54, 1.807) is 30.3 Å². The SMILES string of the molecule is CCOc1cccc(C2/C(=C(/O)c3ccccc3OC)C(=O)C(=O)N2CCN(C)C)c1. The predicted molar refractivity (Wildman–Crippen MR) is 118 cm³/mol. The maximum atomic E-state index is 13.1. The van der Waals surface area contributed by atoms with Crippen LogP contribution in [0.5, 0.6) is 11.5 Å². The van der Waals surface area contributed by atoms with Gasteiger partial charge in [-0.15, -0.1) is 0 Å². The third kappa shape index (κ3) is 4.56. The van der Waals surface area contributed by atoms with Crippen molar-refractivity contribution in [2.75, 3.05) is 40.9 Å². The molecule has 3 rings (SSSR count). The molecule has 1 amide bonds. The fraction of sp³-hybridized carbons (Fsp3) is 0.333. The Hall–Kier alpha value is -3.32. The monoisotopic (exact) mass is 424 g/mol. The minimum Gasteiger partial charge on any atom is -0.507 e. The zero-order valence-corrected chi connectivity index (χ0v) is 18.3. The highest BCUT2D eigenvalue weighted by Crippen LogP contribution is 2.41. The van der Waals surface area contributed by atoms with Gasteiger partial charge in [0, 0.05) is 13.1 Å². The second-order valence-corrected chi connectivity index (χ2v) is 7.50. The van der Waals surface area contributed by atoms with Gasteiger partial charge in [0.25, 0.3) is 11.7 Å². The van der Waals surface area contributed by atoms with Crippen LogP contribution in [0, 0.1) is 0 Å². The van der Waals surface area contributed by atoms with Crippen LogP contribution in [0.1, 0.15) is 24.1 Å². The summed E-state index contributed by atoms with van der Waals surface area (Å²) in [6, 6.07) is 13.4. The molecule has 0 bridgehead atoms. The van der Waals surface area contributed by atoms with Gasteiger partial charge in [0.2, 0.25) is 0 Å². The summed E-state index contributed by atoms with van der Waals surface area (Å²) in [5.41, 5.74) is 1.10. The lowest BCUT2D eigenvalue weighted by Crippen LogP contribution is -2.35. The van der Waals surface area contributed by atoms with E-state index in [-0.39, 0.29) is 11.3 Å². The number of rotatable bonds is 8. The molecule has 1 N–H and O–H groups in total. The van der Waals surface area contributed by atoms with E-state index in [2.05, 4.69) is 0 Å². The standard InChI is InChI=1S/C24H28N2O5/c1-5-31-17-10-8-9-16(15-17)21-20(22(27)18-11-6-7-12-19(18)30-4)23(28)24(29)26(21)14-13-25(2)3/h6-12,15,21,27H,5,13-14H2,1-4H3/b22-20-. The molecule has 2 aromatic rings. The van der Waals surface area contributed by atoms with Crippen LogP contribution in [0.25, 0.3) is 5.76 Å². The summed E-state index contributed by atoms with van der Waals surface area (Å²) in [5, 5.41) is 11.2. The number of hydrogen-bond donors (Lipinski definition) is 1. The number of para-hydroxylation sites is 1. The molecule has 1 saturated heterocycles. The summed E-state index contributed by atoms with van der Waals surface area (Å²) < 4.78 is 11.0. The van der Waals surface area contributed by atoms with Crippen LogP contribution in [0.4, 0.5) is 0 Å². The Morgan fingerprint density at radius 2 is 1.87 bits per heavy atom. The van der Waals surface area contributed by atoms with Gasteiger partial charge in [0.15, 0.2) is 0 Å². The zero-order chi connectivity index (χ0) is 22.5. The number of aliphatic hydroxyl groups excluding tert-OH is 1. The van der Waals surface area contributed by atoms with Crippen molar-refractivity contribution < 1.29 is 24.2 Å². The van der Waals surface area contributed by atoms with Gasteiger partial charge in [-0.05, 0) is 50.8 Å². The number of Topliss-reactive ketones (excluding diaryl/α,β-unsaturated/α-hetero) is 1. The smallest absolute Gasteiger partial charge is 0.295 e. The van der Waals surface area contributed by atoms with Gasteiger partial charge in [0.05, 0.1) is 30.9 Å². The molecule has 7 heteroatoms. The molecule has 1 aliphatic heterocycles. The number of likely N-dealkylation sites (N-methyl/N-ethyl adjacent to an activating group) is 1. The molecule has 164 valence electrons. The molecule has 0 saturated carbocycles. The summed E-state index contributed by atoms with van der Waals surface area (Å²) in [6.45, 7) is 3.29. The van der Waals surface area contributed by atoms with Gasteiger partial charge in [-0.1, -0.05) is 24.3 Å². The number of methoxy groups -OCH3 is 1. The van der Waals surface area contributed by atoms with Gasteiger partial charge < -0.3 is 24.4 Å². The number of ether oxygens (including phenoxy) is 2. The van der Waals surface area contributed by atoms with Gasteiger partial charge in [-0.25, -0.2) is 0 Å². The summed E-state index contributed by atoms with van der Waals surface area (Å²) >= 11 is 0. The third-order valence-electron chi connectivity index (χ3n) is 5.18. The lowest BCUT2D eigenvalue weighted by Gasteiger charge is -2.27. The van der Waals surface area contributed by atoms with E-state index < -0.39 is 17.7 Å². The van der Waals surface area contributed by atoms with E-state index in [0.717, 1.165) is 0 Å². The molecule has 1 unspecified atom stereocenters. The normalized spacial score (nSPS) is 18.0. The first-order valence-electron chi connectivity index (χ1n) is 10.2. The third-order valence-corrected chi connectivity index (χ3v) is 5.18. The average Bonchev–Trinajstić information content (AvgIpc) is 3.02. The van der Waals surface area contributed by atoms with Crippen LogP contribution in [0.3, 0.4) is 0 Å². The molecular weight excluding hydrogens is 396 g/mol. The molecule has 0 aromatic heterocycles. The van der Waals surface area contributed by atoms with Gasteiger partial charge in [-0.2, -0.15) is 0 Å². The summed E-state index contributed by atoms with van der Waals surface area (Å²) in [7, 11) is 5.29. The van der Waals surface area contributed by atoms with Gasteiger partial charge in [0.1, 0.15) is 17.3 Å². The summed E-state index contributed by atoms with van der Waals surface area (Å²) in [6.07, 6.45) is 0. The Labute approximate surface area is 182 Å². The first-order chi connectivity index (χ1) is 14.9. The average molecular weight is 424 g/mol. The van der Waals surface area contributed by atoms with E-state index in [4.69, 9.17) is 9.47 Å². The van der Waals surface area contributed by atoms with E-state index in [1.165, 1.54) is 12.0 Å². The van der Waals surface area contributed by atoms with Crippen molar-refractivity contribution in [3.63, 3.8) is 0 Å². The maximum Gasteiger partial charge on any atom is 0.295 e. The maximum absolute atomic E-state index is 13.1. The van der Waals surface area contributed by atoms with Crippen molar-refractivity contribution >= 4 is 17.4 Å². The van der Waals surface area contributed by atoms with E-state index in [1.807, 2.05) is 44.1 Å². The molecule has 1 fully saturated rings. The summed E-state index contributed by atoms with van der Waals surface area (Å²) in [5.74, 6) is -0.550. The van der Waals surface area contributed by atoms with Gasteiger partial charge >= 0.3 is 0 Å². The number of amides is 1. The first kappa shape index (κ1) is 22.4. The lowest BCUT2D eigenvalue weighted by atomic mass is 9.95. The number of benzene rings is 2. The number of carbonyl (C=O) groups is 2. The number of carbonyl (C=O) groups excluding carboxylic acids is 2. The minimum absolute atomic E-state index is 0.0434. The van der Waals surface area contributed by atoms with Crippen molar-refractivity contribution in [1.29, 1.82) is 0 Å². The molecule has 0 spiro atoms. The van der Waals surface area contributed by atoms with Crippen LogP contribution < -0.4 is 9.47 Å². The quantitative estimate of drug-likeness (QED) is 0.399. The highest BCUT2D eigenvalue weighted by atomic mass is 16.5. The zero-order valence-electron chi connectivity index (χ0n) is 18.3. The molecule has 1 atom stereocenters. The molecule has 1 heterocycles.